The zero-order valence-electron chi connectivity index (χ0n) is 21.4. The van der Waals surface area contributed by atoms with Gasteiger partial charge in [0.05, 0.1) is 24.3 Å². The highest BCUT2D eigenvalue weighted by Crippen LogP contribution is 2.37. The monoisotopic (exact) mass is 514 g/mol. The van der Waals surface area contributed by atoms with E-state index < -0.39 is 5.72 Å². The Balaban J connectivity index is 1.46. The number of aromatic nitrogens is 2. The van der Waals surface area contributed by atoms with E-state index in [2.05, 4.69) is 10.1 Å². The Morgan fingerprint density at radius 3 is 2.53 bits per heavy atom. The average molecular weight is 515 g/mol. The molecule has 194 valence electrons. The van der Waals surface area contributed by atoms with Crippen LogP contribution in [0.25, 0.3) is 11.8 Å². The average Bonchev–Trinajstić information content (AvgIpc) is 3.47. The van der Waals surface area contributed by atoms with E-state index in [0.29, 0.717) is 19.0 Å². The summed E-state index contributed by atoms with van der Waals surface area (Å²) in [5.41, 5.74) is 3.17. The Morgan fingerprint density at radius 2 is 1.82 bits per heavy atom. The lowest BCUT2D eigenvalue weighted by Gasteiger charge is -2.34. The molecule has 3 aromatic carbocycles. The van der Waals surface area contributed by atoms with E-state index in [4.69, 9.17) is 9.57 Å². The Labute approximate surface area is 220 Å². The van der Waals surface area contributed by atoms with Crippen molar-refractivity contribution in [3.8, 4) is 11.4 Å². The quantitative estimate of drug-likeness (QED) is 0.266. The molecule has 0 saturated carbocycles. The molecule has 0 fully saturated rings. The van der Waals surface area contributed by atoms with Crippen LogP contribution in [0.5, 0.6) is 5.75 Å². The maximum Gasteiger partial charge on any atom is 0.234 e. The van der Waals surface area contributed by atoms with Crippen LogP contribution in [0.1, 0.15) is 36.2 Å². The summed E-state index contributed by atoms with van der Waals surface area (Å²) in [5, 5.41) is 4.35. The molecule has 4 aromatic rings. The van der Waals surface area contributed by atoms with Gasteiger partial charge in [0.2, 0.25) is 5.72 Å². The largest absolute Gasteiger partial charge is 0.492 e. The van der Waals surface area contributed by atoms with Crippen LogP contribution in [0.4, 0.5) is 8.78 Å². The van der Waals surface area contributed by atoms with Crippen molar-refractivity contribution in [3.63, 3.8) is 0 Å². The summed E-state index contributed by atoms with van der Waals surface area (Å²) in [6.45, 7) is 6.59. The van der Waals surface area contributed by atoms with Crippen LogP contribution >= 0.6 is 0 Å². The van der Waals surface area contributed by atoms with Gasteiger partial charge >= 0.3 is 0 Å². The Kier molecular flexibility index (Phi) is 6.96. The summed E-state index contributed by atoms with van der Waals surface area (Å²) in [7, 11) is 0. The number of oxime groups is 1. The van der Waals surface area contributed by atoms with E-state index in [9.17, 15) is 8.78 Å². The summed E-state index contributed by atoms with van der Waals surface area (Å²) in [6.07, 6.45) is 7.47. The molecule has 2 heterocycles. The fraction of sp³-hybridized carbons (Fsp3) is 0.200. The molecule has 0 saturated heterocycles. The van der Waals surface area contributed by atoms with E-state index >= 15 is 0 Å². The smallest absolute Gasteiger partial charge is 0.234 e. The van der Waals surface area contributed by atoms with Gasteiger partial charge in [-0.15, -0.1) is 0 Å². The Hall–Kier alpha value is -4.46. The third-order valence-electron chi connectivity index (χ3n) is 6.42. The van der Waals surface area contributed by atoms with Gasteiger partial charge in [0, 0.05) is 25.2 Å². The van der Waals surface area contributed by atoms with Crippen LogP contribution in [0, 0.1) is 18.6 Å². The minimum Gasteiger partial charge on any atom is -0.492 e. The molecule has 0 spiro atoms. The number of amidine groups is 1. The molecule has 0 amide bonds. The number of nitrogens with zero attached hydrogens (tertiary/aromatic N) is 4. The van der Waals surface area contributed by atoms with E-state index in [1.165, 1.54) is 24.3 Å². The van der Waals surface area contributed by atoms with Gasteiger partial charge in [0.1, 0.15) is 17.4 Å². The summed E-state index contributed by atoms with van der Waals surface area (Å²) in [5.74, 6) is 0.613. The van der Waals surface area contributed by atoms with Gasteiger partial charge in [-0.05, 0) is 67.4 Å². The fourth-order valence-electron chi connectivity index (χ4n) is 4.43. The fourth-order valence-corrected chi connectivity index (χ4v) is 4.43. The normalized spacial score (nSPS) is 17.1. The van der Waals surface area contributed by atoms with Crippen LogP contribution < -0.4 is 4.74 Å². The van der Waals surface area contributed by atoms with Crippen molar-refractivity contribution in [2.45, 2.75) is 33.0 Å². The predicted octanol–water partition coefficient (Wildman–Crippen LogP) is 6.59. The first-order valence-corrected chi connectivity index (χ1v) is 12.4. The third-order valence-corrected chi connectivity index (χ3v) is 6.42. The molecule has 6 nitrogen and oxygen atoms in total. The van der Waals surface area contributed by atoms with Crippen LogP contribution in [-0.4, -0.2) is 26.9 Å². The first-order chi connectivity index (χ1) is 18.4. The highest BCUT2D eigenvalue weighted by Gasteiger charge is 2.42. The lowest BCUT2D eigenvalue weighted by Crippen LogP contribution is -2.43. The van der Waals surface area contributed by atoms with Gasteiger partial charge in [0.25, 0.3) is 0 Å². The molecule has 0 N–H and O–H groups in total. The molecule has 5 rings (SSSR count). The summed E-state index contributed by atoms with van der Waals surface area (Å²) < 4.78 is 35.5. The van der Waals surface area contributed by atoms with E-state index in [-0.39, 0.29) is 11.6 Å². The highest BCUT2D eigenvalue weighted by molar-refractivity contribution is 5.97. The first-order valence-electron chi connectivity index (χ1n) is 12.4. The SMILES string of the molecule is CCOc1cc(/C=C/C2=NOC(C)(c3ccc(F)cc3)N2Cc2cccc(F)c2)ccc1-n1cnc(C)c1. The number of halogens is 2. The van der Waals surface area contributed by atoms with Gasteiger partial charge < -0.3 is 19.0 Å². The topological polar surface area (TPSA) is 51.9 Å². The van der Waals surface area contributed by atoms with Crippen molar-refractivity contribution in [1.82, 2.24) is 14.5 Å². The number of ether oxygens (including phenoxy) is 1. The Bertz CT molecular complexity index is 1500. The number of imidazole rings is 1. The van der Waals surface area contributed by atoms with Crippen molar-refractivity contribution in [1.29, 1.82) is 0 Å². The molecular weight excluding hydrogens is 486 g/mol. The number of hydrogen-bond donors (Lipinski definition) is 0. The first kappa shape index (κ1) is 25.2. The maximum atomic E-state index is 14.0. The summed E-state index contributed by atoms with van der Waals surface area (Å²) in [6, 6.07) is 18.4. The van der Waals surface area contributed by atoms with E-state index in [1.807, 2.05) is 72.9 Å². The molecule has 8 heteroatoms. The van der Waals surface area contributed by atoms with Crippen molar-refractivity contribution < 1.29 is 18.4 Å². The van der Waals surface area contributed by atoms with Crippen molar-refractivity contribution >= 4 is 11.9 Å². The highest BCUT2D eigenvalue weighted by atomic mass is 19.1. The summed E-state index contributed by atoms with van der Waals surface area (Å²) >= 11 is 0. The molecule has 1 aliphatic heterocycles. The molecule has 0 radical (unpaired) electrons. The third kappa shape index (κ3) is 5.16. The lowest BCUT2D eigenvalue weighted by molar-refractivity contribution is -0.0935. The van der Waals surface area contributed by atoms with Crippen molar-refractivity contribution in [2.75, 3.05) is 6.61 Å². The molecule has 38 heavy (non-hydrogen) atoms. The van der Waals surface area contributed by atoms with Gasteiger partial charge in [-0.1, -0.05) is 41.6 Å². The number of rotatable bonds is 8. The molecule has 1 atom stereocenters. The predicted molar refractivity (Wildman–Crippen MR) is 143 cm³/mol. The van der Waals surface area contributed by atoms with Gasteiger partial charge in [0.15, 0.2) is 5.84 Å². The van der Waals surface area contributed by atoms with Gasteiger partial charge in [-0.2, -0.15) is 0 Å². The number of hydrogen-bond acceptors (Lipinski definition) is 5. The molecular formula is C30H28F2N4O2. The minimum atomic E-state index is -1.01. The van der Waals surface area contributed by atoms with Gasteiger partial charge in [-0.3, -0.25) is 0 Å². The zero-order valence-corrected chi connectivity index (χ0v) is 21.4. The molecule has 0 bridgehead atoms. The second-order valence-electron chi connectivity index (χ2n) is 9.16. The second kappa shape index (κ2) is 10.5. The summed E-state index contributed by atoms with van der Waals surface area (Å²) in [4.78, 5) is 12.2. The Morgan fingerprint density at radius 1 is 1.00 bits per heavy atom. The molecule has 1 aromatic heterocycles. The van der Waals surface area contributed by atoms with Crippen molar-refractivity contribution in [2.24, 2.45) is 5.16 Å². The number of benzene rings is 3. The molecule has 1 unspecified atom stereocenters. The van der Waals surface area contributed by atoms with E-state index in [0.717, 1.165) is 33.8 Å². The minimum absolute atomic E-state index is 0.322. The van der Waals surface area contributed by atoms with E-state index in [1.54, 1.807) is 24.5 Å². The number of aryl methyl sites for hydroxylation is 1. The standard InChI is InChI=1S/C30H28F2N4O2/c1-4-37-28-17-22(8-14-27(28)35-18-21(2)33-20-35)9-15-29-34-38-30(3,24-10-12-25(31)13-11-24)36(29)19-23-6-5-7-26(32)16-23/h5-18,20H,4,19H2,1-3H3/b15-9+. The van der Waals surface area contributed by atoms with Crippen LogP contribution in [-0.2, 0) is 17.1 Å². The van der Waals surface area contributed by atoms with Gasteiger partial charge in [-0.25, -0.2) is 13.8 Å². The van der Waals surface area contributed by atoms with Crippen LogP contribution in [0.2, 0.25) is 0 Å². The van der Waals surface area contributed by atoms with Crippen LogP contribution in [0.15, 0.2) is 90.5 Å². The molecule has 0 aliphatic carbocycles. The van der Waals surface area contributed by atoms with Crippen LogP contribution in [0.3, 0.4) is 0 Å². The second-order valence-corrected chi connectivity index (χ2v) is 9.16. The molecule has 1 aliphatic rings. The lowest BCUT2D eigenvalue weighted by atomic mass is 10.0. The maximum absolute atomic E-state index is 14.0. The zero-order chi connectivity index (χ0) is 26.7. The van der Waals surface area contributed by atoms with Crippen molar-refractivity contribution in [3.05, 3.63) is 119 Å².